The van der Waals surface area contributed by atoms with Crippen molar-refractivity contribution in [3.63, 3.8) is 0 Å². The Hall–Kier alpha value is -3.18. The number of fused-ring (bicyclic) bond motifs is 1. The molecule has 0 fully saturated rings. The summed E-state index contributed by atoms with van der Waals surface area (Å²) < 4.78 is 0. The monoisotopic (exact) mass is 429 g/mol. The van der Waals surface area contributed by atoms with Crippen LogP contribution in [-0.2, 0) is 6.54 Å². The van der Waals surface area contributed by atoms with Crippen molar-refractivity contribution >= 4 is 33.8 Å². The summed E-state index contributed by atoms with van der Waals surface area (Å²) in [6.45, 7) is 6.85. The molecule has 158 valence electrons. The summed E-state index contributed by atoms with van der Waals surface area (Å²) in [5.41, 5.74) is 5.63. The van der Waals surface area contributed by atoms with Gasteiger partial charge >= 0.3 is 0 Å². The minimum absolute atomic E-state index is 0.0565. The Bertz CT molecular complexity index is 1180. The maximum atomic E-state index is 12.6. The molecule has 0 bridgehead atoms. The first kappa shape index (κ1) is 21.1. The Labute approximate surface area is 187 Å². The fraction of sp³-hybridized carbons (Fsp3) is 0.231. The molecule has 4 rings (SSSR count). The molecule has 31 heavy (non-hydrogen) atoms. The van der Waals surface area contributed by atoms with Gasteiger partial charge in [-0.25, -0.2) is 0 Å². The predicted molar refractivity (Wildman–Crippen MR) is 131 cm³/mol. The highest BCUT2D eigenvalue weighted by atomic mass is 32.1. The molecule has 2 aromatic carbocycles. The van der Waals surface area contributed by atoms with E-state index >= 15 is 0 Å². The van der Waals surface area contributed by atoms with Gasteiger partial charge in [0.25, 0.3) is 5.91 Å². The van der Waals surface area contributed by atoms with Crippen LogP contribution in [0, 0.1) is 0 Å². The van der Waals surface area contributed by atoms with Gasteiger partial charge in [-0.2, -0.15) is 0 Å². The molecular formula is C26H27N3OS. The molecule has 2 aromatic heterocycles. The third kappa shape index (κ3) is 4.47. The molecule has 0 aliphatic rings. The first-order valence-corrected chi connectivity index (χ1v) is 11.5. The lowest BCUT2D eigenvalue weighted by Gasteiger charge is -2.23. The first-order valence-electron chi connectivity index (χ1n) is 10.6. The maximum Gasteiger partial charge on any atom is 0.263 e. The van der Waals surface area contributed by atoms with Crippen LogP contribution in [0.4, 0.5) is 5.69 Å². The Morgan fingerprint density at radius 2 is 1.77 bits per heavy atom. The number of amides is 1. The van der Waals surface area contributed by atoms with Crippen molar-refractivity contribution in [2.75, 3.05) is 25.0 Å². The van der Waals surface area contributed by atoms with Gasteiger partial charge in [-0.05, 0) is 66.2 Å². The van der Waals surface area contributed by atoms with Crippen LogP contribution in [0.15, 0.2) is 72.2 Å². The van der Waals surface area contributed by atoms with Crippen molar-refractivity contribution in [1.29, 1.82) is 0 Å². The normalized spacial score (nSPS) is 10.9. The predicted octanol–water partition coefficient (Wildman–Crippen LogP) is 6.08. The average molecular weight is 430 g/mol. The molecule has 1 amide bonds. The Kier molecular flexibility index (Phi) is 6.33. The molecule has 0 atom stereocenters. The summed E-state index contributed by atoms with van der Waals surface area (Å²) >= 11 is 1.48. The molecule has 0 spiro atoms. The van der Waals surface area contributed by atoms with Crippen molar-refractivity contribution in [3.8, 4) is 11.1 Å². The lowest BCUT2D eigenvalue weighted by atomic mass is 10.00. The highest BCUT2D eigenvalue weighted by Crippen LogP contribution is 2.30. The molecule has 4 aromatic rings. The third-order valence-corrected chi connectivity index (χ3v) is 6.44. The highest BCUT2D eigenvalue weighted by Gasteiger charge is 2.14. The summed E-state index contributed by atoms with van der Waals surface area (Å²) in [5.74, 6) is 0.0565. The number of thiophene rings is 1. The number of hydrogen-bond acceptors (Lipinski definition) is 4. The maximum absolute atomic E-state index is 12.6. The Morgan fingerprint density at radius 1 is 0.968 bits per heavy atom. The minimum Gasteiger partial charge on any atom is -0.371 e. The number of aromatic nitrogens is 1. The van der Waals surface area contributed by atoms with E-state index in [4.69, 9.17) is 0 Å². The molecule has 2 heterocycles. The van der Waals surface area contributed by atoms with Gasteiger partial charge in [-0.3, -0.25) is 9.78 Å². The van der Waals surface area contributed by atoms with Crippen LogP contribution < -0.4 is 4.90 Å². The Morgan fingerprint density at radius 3 is 2.52 bits per heavy atom. The quantitative estimate of drug-likeness (QED) is 0.357. The summed E-state index contributed by atoms with van der Waals surface area (Å²) in [6.07, 6.45) is 1.89. The van der Waals surface area contributed by atoms with Crippen LogP contribution >= 0.6 is 11.3 Å². The van der Waals surface area contributed by atoms with E-state index in [1.54, 1.807) is 4.90 Å². The zero-order valence-electron chi connectivity index (χ0n) is 18.2. The standard InChI is InChI=1S/C26H27N3OS/c1-4-29(5-2)24-13-14-27-23-12-11-21(17-22(23)24)20-9-6-8-19(16-20)18-28(3)26(30)25-10-7-15-31-25/h6-17H,4-5,18H2,1-3H3. The smallest absolute Gasteiger partial charge is 0.263 e. The molecule has 0 unspecified atom stereocenters. The van der Waals surface area contributed by atoms with Gasteiger partial charge in [0.05, 0.1) is 10.4 Å². The number of nitrogens with zero attached hydrogens (tertiary/aromatic N) is 3. The number of rotatable bonds is 7. The van der Waals surface area contributed by atoms with Gasteiger partial charge in [-0.15, -0.1) is 11.3 Å². The van der Waals surface area contributed by atoms with Gasteiger partial charge in [0.2, 0.25) is 0 Å². The number of pyridine rings is 1. The second-order valence-electron chi connectivity index (χ2n) is 7.57. The lowest BCUT2D eigenvalue weighted by molar-refractivity contribution is 0.0790. The molecule has 0 N–H and O–H groups in total. The van der Waals surface area contributed by atoms with Crippen molar-refractivity contribution < 1.29 is 4.79 Å². The first-order chi connectivity index (χ1) is 15.1. The van der Waals surface area contributed by atoms with Crippen LogP contribution in [0.3, 0.4) is 0 Å². The van der Waals surface area contributed by atoms with E-state index in [1.807, 2.05) is 30.8 Å². The molecule has 4 nitrogen and oxygen atoms in total. The second kappa shape index (κ2) is 9.31. The topological polar surface area (TPSA) is 36.4 Å². The fourth-order valence-corrected chi connectivity index (χ4v) is 4.65. The third-order valence-electron chi connectivity index (χ3n) is 5.58. The van der Waals surface area contributed by atoms with Crippen molar-refractivity contribution in [2.45, 2.75) is 20.4 Å². The number of carbonyl (C=O) groups is 1. The Balaban J connectivity index is 1.64. The van der Waals surface area contributed by atoms with E-state index in [1.165, 1.54) is 22.4 Å². The molecule has 0 saturated heterocycles. The van der Waals surface area contributed by atoms with Gasteiger partial charge in [-0.1, -0.05) is 30.3 Å². The van der Waals surface area contributed by atoms with E-state index in [0.29, 0.717) is 6.54 Å². The molecule has 0 aliphatic heterocycles. The highest BCUT2D eigenvalue weighted by molar-refractivity contribution is 7.12. The molecule has 0 radical (unpaired) electrons. The zero-order valence-corrected chi connectivity index (χ0v) is 19.0. The molecular weight excluding hydrogens is 402 g/mol. The van der Waals surface area contributed by atoms with E-state index in [-0.39, 0.29) is 5.91 Å². The summed E-state index contributed by atoms with van der Waals surface area (Å²) in [6, 6.07) is 20.8. The largest absolute Gasteiger partial charge is 0.371 e. The van der Waals surface area contributed by atoms with Crippen LogP contribution in [-0.4, -0.2) is 35.9 Å². The van der Waals surface area contributed by atoms with Crippen molar-refractivity contribution in [3.05, 3.63) is 82.7 Å². The fourth-order valence-electron chi connectivity index (χ4n) is 3.93. The molecule has 0 saturated carbocycles. The van der Waals surface area contributed by atoms with E-state index < -0.39 is 0 Å². The van der Waals surface area contributed by atoms with E-state index in [2.05, 4.69) is 72.3 Å². The number of anilines is 1. The second-order valence-corrected chi connectivity index (χ2v) is 8.52. The number of carbonyl (C=O) groups excluding carboxylic acids is 1. The van der Waals surface area contributed by atoms with Gasteiger partial charge in [0.1, 0.15) is 0 Å². The van der Waals surface area contributed by atoms with Crippen LogP contribution in [0.1, 0.15) is 29.1 Å². The van der Waals surface area contributed by atoms with Gasteiger partial charge in [0.15, 0.2) is 0 Å². The van der Waals surface area contributed by atoms with Gasteiger partial charge in [0, 0.05) is 44.0 Å². The van der Waals surface area contributed by atoms with Crippen LogP contribution in [0.5, 0.6) is 0 Å². The van der Waals surface area contributed by atoms with E-state index in [9.17, 15) is 4.79 Å². The summed E-state index contributed by atoms with van der Waals surface area (Å²) in [4.78, 5) is 22.0. The lowest BCUT2D eigenvalue weighted by Crippen LogP contribution is -2.25. The average Bonchev–Trinajstić information content (AvgIpc) is 3.34. The van der Waals surface area contributed by atoms with Crippen molar-refractivity contribution in [2.24, 2.45) is 0 Å². The molecule has 0 aliphatic carbocycles. The van der Waals surface area contributed by atoms with E-state index in [0.717, 1.165) is 40.2 Å². The SMILES string of the molecule is CCN(CC)c1ccnc2ccc(-c3cccc(CN(C)C(=O)c4cccs4)c3)cc12. The number of hydrogen-bond donors (Lipinski definition) is 0. The van der Waals surface area contributed by atoms with Crippen LogP contribution in [0.25, 0.3) is 22.0 Å². The zero-order chi connectivity index (χ0) is 21.8. The van der Waals surface area contributed by atoms with Gasteiger partial charge < -0.3 is 9.80 Å². The summed E-state index contributed by atoms with van der Waals surface area (Å²) in [7, 11) is 1.85. The van der Waals surface area contributed by atoms with Crippen molar-refractivity contribution in [1.82, 2.24) is 9.88 Å². The number of benzene rings is 2. The molecule has 5 heteroatoms. The minimum atomic E-state index is 0.0565. The van der Waals surface area contributed by atoms with Crippen LogP contribution in [0.2, 0.25) is 0 Å². The summed E-state index contributed by atoms with van der Waals surface area (Å²) in [5, 5.41) is 3.10.